The first-order valence-corrected chi connectivity index (χ1v) is 4.45. The van der Waals surface area contributed by atoms with E-state index in [9.17, 15) is 10.1 Å². The standard InChI is InChI=1S/C7H8N4O2S.ClH/c1-4-2-5(11(12)13)6(10-3-4)14-7(8)9;/h2-3H,1H3,(H3,8,9);1H. The van der Waals surface area contributed by atoms with Crippen LogP contribution in [0.1, 0.15) is 5.56 Å². The average Bonchev–Trinajstić information content (AvgIpc) is 2.07. The van der Waals surface area contributed by atoms with Crippen molar-refractivity contribution in [1.82, 2.24) is 4.98 Å². The minimum atomic E-state index is -0.536. The van der Waals surface area contributed by atoms with Gasteiger partial charge in [0.25, 0.3) is 0 Å². The van der Waals surface area contributed by atoms with Crippen LogP contribution in [-0.2, 0) is 0 Å². The molecule has 0 saturated heterocycles. The van der Waals surface area contributed by atoms with Crippen LogP contribution in [0.15, 0.2) is 17.3 Å². The van der Waals surface area contributed by atoms with Crippen LogP contribution in [0.25, 0.3) is 0 Å². The van der Waals surface area contributed by atoms with Crippen LogP contribution in [0.5, 0.6) is 0 Å². The van der Waals surface area contributed by atoms with Crippen LogP contribution in [0.3, 0.4) is 0 Å². The Morgan fingerprint density at radius 1 is 1.73 bits per heavy atom. The number of hydrogen-bond acceptors (Lipinski definition) is 5. The molecule has 1 aromatic rings. The maximum atomic E-state index is 10.6. The number of aryl methyl sites for hydroxylation is 1. The summed E-state index contributed by atoms with van der Waals surface area (Å²) in [5.74, 6) is 0. The van der Waals surface area contributed by atoms with Crippen molar-refractivity contribution in [2.24, 2.45) is 5.73 Å². The Morgan fingerprint density at radius 2 is 2.33 bits per heavy atom. The fourth-order valence-corrected chi connectivity index (χ4v) is 1.41. The van der Waals surface area contributed by atoms with E-state index in [1.165, 1.54) is 12.3 Å². The van der Waals surface area contributed by atoms with E-state index in [2.05, 4.69) is 4.98 Å². The maximum Gasteiger partial charge on any atom is 0.302 e. The molecule has 0 aromatic carbocycles. The molecule has 0 unspecified atom stereocenters. The largest absolute Gasteiger partial charge is 0.378 e. The van der Waals surface area contributed by atoms with Gasteiger partial charge in [0, 0.05) is 12.3 Å². The zero-order valence-electron chi connectivity index (χ0n) is 7.76. The Kier molecular flexibility index (Phi) is 5.03. The van der Waals surface area contributed by atoms with Crippen LogP contribution < -0.4 is 5.73 Å². The lowest BCUT2D eigenvalue weighted by Gasteiger charge is -2.00. The summed E-state index contributed by atoms with van der Waals surface area (Å²) in [5, 5.41) is 17.5. The highest BCUT2D eigenvalue weighted by Crippen LogP contribution is 2.26. The Balaban J connectivity index is 0.00000196. The number of nitrogens with one attached hydrogen (secondary N) is 1. The Bertz CT molecular complexity index is 399. The van der Waals surface area contributed by atoms with E-state index in [0.29, 0.717) is 5.56 Å². The van der Waals surface area contributed by atoms with Crippen molar-refractivity contribution in [2.75, 3.05) is 0 Å². The normalized spacial score (nSPS) is 9.13. The third-order valence-corrected chi connectivity index (χ3v) is 2.10. The predicted octanol–water partition coefficient (Wildman–Crippen LogP) is 1.71. The van der Waals surface area contributed by atoms with Crippen molar-refractivity contribution in [3.63, 3.8) is 0 Å². The topological polar surface area (TPSA) is 106 Å². The summed E-state index contributed by atoms with van der Waals surface area (Å²) in [7, 11) is 0. The maximum absolute atomic E-state index is 10.6. The summed E-state index contributed by atoms with van der Waals surface area (Å²) >= 11 is 0.770. The van der Waals surface area contributed by atoms with Gasteiger partial charge in [-0.1, -0.05) is 0 Å². The highest BCUT2D eigenvalue weighted by Gasteiger charge is 2.16. The summed E-state index contributed by atoms with van der Waals surface area (Å²) in [5.41, 5.74) is 5.69. The third kappa shape index (κ3) is 3.72. The molecule has 3 N–H and O–H groups in total. The molecule has 1 rings (SSSR count). The first kappa shape index (κ1) is 13.7. The smallest absolute Gasteiger partial charge is 0.302 e. The summed E-state index contributed by atoms with van der Waals surface area (Å²) in [6.45, 7) is 1.71. The predicted molar refractivity (Wildman–Crippen MR) is 60.6 cm³/mol. The number of thioether (sulfide) groups is 1. The first-order valence-electron chi connectivity index (χ1n) is 3.63. The van der Waals surface area contributed by atoms with Gasteiger partial charge in [-0.15, -0.1) is 12.4 Å². The molecular formula is C7H9ClN4O2S. The first-order chi connectivity index (χ1) is 6.50. The van der Waals surface area contributed by atoms with E-state index in [0.717, 1.165) is 11.8 Å². The molecule has 0 atom stereocenters. The molecule has 0 spiro atoms. The minimum Gasteiger partial charge on any atom is -0.378 e. The van der Waals surface area contributed by atoms with Crippen LogP contribution in [-0.4, -0.2) is 15.1 Å². The molecule has 6 nitrogen and oxygen atoms in total. The van der Waals surface area contributed by atoms with Gasteiger partial charge in [0.2, 0.25) is 0 Å². The number of amidine groups is 1. The molecular weight excluding hydrogens is 240 g/mol. The van der Waals surface area contributed by atoms with Gasteiger partial charge < -0.3 is 5.73 Å². The molecule has 0 radical (unpaired) electrons. The number of halogens is 1. The van der Waals surface area contributed by atoms with E-state index in [1.807, 2.05) is 0 Å². The summed E-state index contributed by atoms with van der Waals surface area (Å²) < 4.78 is 0. The van der Waals surface area contributed by atoms with Crippen molar-refractivity contribution in [2.45, 2.75) is 11.9 Å². The van der Waals surface area contributed by atoms with E-state index >= 15 is 0 Å². The highest BCUT2D eigenvalue weighted by molar-refractivity contribution is 8.13. The van der Waals surface area contributed by atoms with Crippen LogP contribution in [0.2, 0.25) is 0 Å². The molecule has 0 bridgehead atoms. The second-order valence-corrected chi connectivity index (χ2v) is 3.59. The number of nitro groups is 1. The van der Waals surface area contributed by atoms with Crippen molar-refractivity contribution in [3.8, 4) is 0 Å². The lowest BCUT2D eigenvalue weighted by atomic mass is 10.3. The molecule has 0 aliphatic heterocycles. The van der Waals surface area contributed by atoms with Crippen LogP contribution >= 0.6 is 24.2 Å². The molecule has 0 aliphatic rings. The second kappa shape index (κ2) is 5.52. The highest BCUT2D eigenvalue weighted by atomic mass is 35.5. The zero-order chi connectivity index (χ0) is 10.7. The molecule has 1 heterocycles. The average molecular weight is 249 g/mol. The number of nitrogens with zero attached hydrogens (tertiary/aromatic N) is 2. The number of nitrogens with two attached hydrogens (primary N) is 1. The quantitative estimate of drug-likeness (QED) is 0.272. The zero-order valence-corrected chi connectivity index (χ0v) is 9.39. The SMILES string of the molecule is Cc1cnc(SC(=N)N)c([N+](=O)[O-])c1.Cl. The van der Waals surface area contributed by atoms with Crippen molar-refractivity contribution < 1.29 is 4.92 Å². The van der Waals surface area contributed by atoms with Gasteiger partial charge in [-0.2, -0.15) is 0 Å². The van der Waals surface area contributed by atoms with Crippen LogP contribution in [0.4, 0.5) is 5.69 Å². The Hall–Kier alpha value is -1.34. The molecule has 0 aliphatic carbocycles. The Labute approximate surface area is 96.3 Å². The van der Waals surface area contributed by atoms with Gasteiger partial charge in [-0.05, 0) is 24.2 Å². The molecule has 0 fully saturated rings. The second-order valence-electron chi connectivity index (χ2n) is 2.56. The number of aromatic nitrogens is 1. The van der Waals surface area contributed by atoms with Crippen molar-refractivity contribution >= 4 is 35.0 Å². The Morgan fingerprint density at radius 3 is 2.80 bits per heavy atom. The molecule has 8 heteroatoms. The molecule has 1 aromatic heterocycles. The van der Waals surface area contributed by atoms with Gasteiger partial charge in [-0.25, -0.2) is 4.98 Å². The minimum absolute atomic E-state index is 0. The number of pyridine rings is 1. The number of rotatable bonds is 2. The van der Waals surface area contributed by atoms with Crippen molar-refractivity contribution in [3.05, 3.63) is 27.9 Å². The molecule has 0 saturated carbocycles. The van der Waals surface area contributed by atoms with Crippen LogP contribution in [0, 0.1) is 22.4 Å². The monoisotopic (exact) mass is 248 g/mol. The van der Waals surface area contributed by atoms with Gasteiger partial charge >= 0.3 is 5.69 Å². The molecule has 0 amide bonds. The number of hydrogen-bond donors (Lipinski definition) is 2. The fourth-order valence-electron chi connectivity index (χ4n) is 0.855. The third-order valence-electron chi connectivity index (χ3n) is 1.37. The van der Waals surface area contributed by atoms with E-state index in [1.54, 1.807) is 6.92 Å². The van der Waals surface area contributed by atoms with Crippen molar-refractivity contribution in [1.29, 1.82) is 5.41 Å². The van der Waals surface area contributed by atoms with E-state index in [4.69, 9.17) is 11.1 Å². The lowest BCUT2D eigenvalue weighted by molar-refractivity contribution is -0.388. The summed E-state index contributed by atoms with van der Waals surface area (Å²) in [4.78, 5) is 13.9. The summed E-state index contributed by atoms with van der Waals surface area (Å²) in [6.07, 6.45) is 1.50. The molecule has 82 valence electrons. The fraction of sp³-hybridized carbons (Fsp3) is 0.143. The summed E-state index contributed by atoms with van der Waals surface area (Å²) in [6, 6.07) is 1.40. The van der Waals surface area contributed by atoms with E-state index in [-0.39, 0.29) is 28.3 Å². The van der Waals surface area contributed by atoms with Gasteiger partial charge in [0.05, 0.1) is 4.92 Å². The van der Waals surface area contributed by atoms with E-state index < -0.39 is 4.92 Å². The van der Waals surface area contributed by atoms with Gasteiger partial charge in [0.1, 0.15) is 0 Å². The van der Waals surface area contributed by atoms with Gasteiger partial charge in [0.15, 0.2) is 10.2 Å². The van der Waals surface area contributed by atoms with Gasteiger partial charge in [-0.3, -0.25) is 15.5 Å². The molecule has 15 heavy (non-hydrogen) atoms. The lowest BCUT2D eigenvalue weighted by Crippen LogP contribution is -2.05.